The van der Waals surface area contributed by atoms with Gasteiger partial charge in [-0.2, -0.15) is 4.57 Å². The SMILES string of the molecule is NCCCNC(=O)C[n+]1ccc(SCC2=C(C(=O)O)N3C(=O)[C@H](NC(=O)CSc4cc(Cl)nc(Cl)c4)[C@H]3SC2)cc1. The Morgan fingerprint density at radius 1 is 1.15 bits per heavy atom. The first kappa shape index (κ1) is 31.4. The second-order valence-corrected chi connectivity index (χ2v) is 12.9. The van der Waals surface area contributed by atoms with Crippen LogP contribution in [0.15, 0.2) is 57.7 Å². The number of thioether (sulfide) groups is 3. The van der Waals surface area contributed by atoms with Crippen molar-refractivity contribution in [2.75, 3.05) is 30.3 Å². The van der Waals surface area contributed by atoms with Gasteiger partial charge in [-0.1, -0.05) is 23.2 Å². The number of pyridine rings is 2. The van der Waals surface area contributed by atoms with Crippen molar-refractivity contribution in [3.8, 4) is 0 Å². The van der Waals surface area contributed by atoms with Crippen LogP contribution in [0, 0.1) is 0 Å². The summed E-state index contributed by atoms with van der Waals surface area (Å²) in [6.07, 6.45) is 4.28. The van der Waals surface area contributed by atoms with Crippen LogP contribution in [0.5, 0.6) is 0 Å². The molecule has 1 fully saturated rings. The van der Waals surface area contributed by atoms with Crippen LogP contribution in [0.2, 0.25) is 10.3 Å². The molecule has 3 amide bonds. The van der Waals surface area contributed by atoms with Gasteiger partial charge in [0.05, 0.1) is 5.75 Å². The lowest BCUT2D eigenvalue weighted by Gasteiger charge is -2.49. The maximum atomic E-state index is 12.9. The first-order valence-electron chi connectivity index (χ1n) is 12.4. The quantitative estimate of drug-likeness (QED) is 0.0822. The van der Waals surface area contributed by atoms with Crippen molar-refractivity contribution >= 4 is 82.2 Å². The van der Waals surface area contributed by atoms with Gasteiger partial charge in [0, 0.05) is 40.0 Å². The number of β-lactam (4-membered cyclic amide) rings is 1. The number of rotatable bonds is 13. The summed E-state index contributed by atoms with van der Waals surface area (Å²) < 4.78 is 1.75. The van der Waals surface area contributed by atoms with Gasteiger partial charge in [-0.15, -0.1) is 35.3 Å². The predicted molar refractivity (Wildman–Crippen MR) is 159 cm³/mol. The summed E-state index contributed by atoms with van der Waals surface area (Å²) in [5, 5.41) is 15.4. The summed E-state index contributed by atoms with van der Waals surface area (Å²) in [5.41, 5.74) is 6.02. The summed E-state index contributed by atoms with van der Waals surface area (Å²) in [6, 6.07) is 6.06. The van der Waals surface area contributed by atoms with E-state index in [1.165, 1.54) is 40.2 Å². The van der Waals surface area contributed by atoms with Gasteiger partial charge < -0.3 is 21.5 Å². The molecule has 2 atom stereocenters. The number of nitrogens with zero attached hydrogens (tertiary/aromatic N) is 3. The molecule has 2 aromatic rings. The maximum absolute atomic E-state index is 12.9. The predicted octanol–water partition coefficient (Wildman–Crippen LogP) is 1.76. The van der Waals surface area contributed by atoms with Gasteiger partial charge in [-0.3, -0.25) is 19.3 Å². The average molecular weight is 659 g/mol. The summed E-state index contributed by atoms with van der Waals surface area (Å²) in [7, 11) is 0. The van der Waals surface area contributed by atoms with Gasteiger partial charge >= 0.3 is 5.97 Å². The van der Waals surface area contributed by atoms with Crippen molar-refractivity contribution < 1.29 is 28.9 Å². The van der Waals surface area contributed by atoms with E-state index >= 15 is 0 Å². The van der Waals surface area contributed by atoms with Crippen LogP contribution in [0.25, 0.3) is 0 Å². The van der Waals surface area contributed by atoms with Gasteiger partial charge in [-0.25, -0.2) is 9.78 Å². The van der Waals surface area contributed by atoms with Crippen LogP contribution in [-0.2, 0) is 25.7 Å². The molecule has 1 saturated heterocycles. The fourth-order valence-corrected chi connectivity index (χ4v) is 7.78. The minimum atomic E-state index is -1.18. The number of carboxylic acid groups (broad SMARTS) is 1. The van der Waals surface area contributed by atoms with Crippen molar-refractivity contribution in [2.24, 2.45) is 5.73 Å². The molecular weight excluding hydrogens is 631 g/mol. The molecule has 0 unspecified atom stereocenters. The molecule has 11 nitrogen and oxygen atoms in total. The lowest BCUT2D eigenvalue weighted by atomic mass is 10.0. The van der Waals surface area contributed by atoms with Crippen LogP contribution in [-0.4, -0.2) is 80.4 Å². The number of halogens is 2. The Morgan fingerprint density at radius 3 is 2.51 bits per heavy atom. The van der Waals surface area contributed by atoms with Crippen LogP contribution in [0.1, 0.15) is 6.42 Å². The second kappa shape index (κ2) is 14.6. The molecule has 0 radical (unpaired) electrons. The number of amides is 3. The van der Waals surface area contributed by atoms with Crippen LogP contribution in [0.3, 0.4) is 0 Å². The number of aliphatic carboxylic acids is 1. The van der Waals surface area contributed by atoms with Gasteiger partial charge in [0.1, 0.15) is 27.4 Å². The van der Waals surface area contributed by atoms with E-state index in [2.05, 4.69) is 15.6 Å². The number of carboxylic acids is 1. The fraction of sp³-hybridized carbons (Fsp3) is 0.360. The lowest BCUT2D eigenvalue weighted by Crippen LogP contribution is -2.70. The second-order valence-electron chi connectivity index (χ2n) is 8.94. The minimum absolute atomic E-state index is 0.0252. The minimum Gasteiger partial charge on any atom is -0.477 e. The molecule has 0 spiro atoms. The number of fused-ring (bicyclic) bond motifs is 1. The van der Waals surface area contributed by atoms with E-state index in [4.69, 9.17) is 28.9 Å². The van der Waals surface area contributed by atoms with E-state index in [-0.39, 0.29) is 40.1 Å². The summed E-state index contributed by atoms with van der Waals surface area (Å²) in [6.45, 7) is 1.23. The zero-order valence-electron chi connectivity index (χ0n) is 21.5. The summed E-state index contributed by atoms with van der Waals surface area (Å²) in [5.74, 6) is -1.30. The Labute approximate surface area is 259 Å². The number of nitrogens with two attached hydrogens (primary N) is 1. The molecule has 2 aromatic heterocycles. The number of carbonyl (C=O) groups is 4. The van der Waals surface area contributed by atoms with Crippen LogP contribution < -0.4 is 20.9 Å². The molecule has 0 aliphatic carbocycles. The Bertz CT molecular complexity index is 1340. The first-order chi connectivity index (χ1) is 19.7. The zero-order valence-corrected chi connectivity index (χ0v) is 25.5. The average Bonchev–Trinajstić information content (AvgIpc) is 2.93. The third kappa shape index (κ3) is 8.30. The Morgan fingerprint density at radius 2 is 1.85 bits per heavy atom. The highest BCUT2D eigenvalue weighted by Crippen LogP contribution is 2.41. The normalized spacial score (nSPS) is 18.0. The van der Waals surface area contributed by atoms with Gasteiger partial charge in [0.15, 0.2) is 12.4 Å². The van der Waals surface area contributed by atoms with Gasteiger partial charge in [0.2, 0.25) is 12.5 Å². The van der Waals surface area contributed by atoms with E-state index in [9.17, 15) is 24.3 Å². The molecule has 2 aliphatic rings. The van der Waals surface area contributed by atoms with Crippen molar-refractivity contribution in [3.05, 3.63) is 58.2 Å². The van der Waals surface area contributed by atoms with Crippen molar-refractivity contribution in [2.45, 2.75) is 34.2 Å². The maximum Gasteiger partial charge on any atom is 0.352 e. The van der Waals surface area contributed by atoms with Crippen molar-refractivity contribution in [3.63, 3.8) is 0 Å². The van der Waals surface area contributed by atoms with Crippen LogP contribution in [0.4, 0.5) is 0 Å². The lowest BCUT2D eigenvalue weighted by molar-refractivity contribution is -0.684. The topological polar surface area (TPSA) is 159 Å². The van der Waals surface area contributed by atoms with Crippen molar-refractivity contribution in [1.29, 1.82) is 0 Å². The highest BCUT2D eigenvalue weighted by Gasteiger charge is 2.54. The van der Waals surface area contributed by atoms with E-state index in [0.29, 0.717) is 35.1 Å². The Hall–Kier alpha value is -2.49. The number of hydrogen-bond donors (Lipinski definition) is 4. The molecule has 5 N–H and O–H groups in total. The standard InChI is InChI=1S/C25H26Cl2N6O5S3/c26-17-8-16(9-18(27)30-17)40-13-20(35)31-21-23(36)33-22(25(37)38)14(12-41-24(21)33)11-39-15-2-6-32(7-3-15)10-19(34)29-5-1-4-28/h2-3,6-9,21,24H,1,4-5,10-13,28H2,(H2-,29,31,34,35,37,38)/p+1/t21-,24+/m0/s1. The Balaban J connectivity index is 1.31. The highest BCUT2D eigenvalue weighted by molar-refractivity contribution is 8.01. The summed E-state index contributed by atoms with van der Waals surface area (Å²) >= 11 is 15.8. The van der Waals surface area contributed by atoms with E-state index < -0.39 is 23.3 Å². The number of carbonyl (C=O) groups excluding carboxylic acids is 3. The van der Waals surface area contributed by atoms with E-state index in [0.717, 1.165) is 11.3 Å². The number of hydrogen-bond acceptors (Lipinski definition) is 9. The van der Waals surface area contributed by atoms with Crippen molar-refractivity contribution in [1.82, 2.24) is 20.5 Å². The van der Waals surface area contributed by atoms with Gasteiger partial charge in [-0.05, 0) is 30.7 Å². The van der Waals surface area contributed by atoms with Gasteiger partial charge in [0.25, 0.3) is 11.8 Å². The molecular formula is C25H27Cl2N6O5S3+. The molecule has 218 valence electrons. The van der Waals surface area contributed by atoms with Crippen LogP contribution >= 0.6 is 58.5 Å². The van der Waals surface area contributed by atoms with E-state index in [1.807, 2.05) is 12.1 Å². The summed E-state index contributed by atoms with van der Waals surface area (Å²) in [4.78, 5) is 56.3. The molecule has 41 heavy (non-hydrogen) atoms. The fourth-order valence-electron chi connectivity index (χ4n) is 4.05. The zero-order chi connectivity index (χ0) is 29.5. The molecule has 4 heterocycles. The molecule has 0 aromatic carbocycles. The monoisotopic (exact) mass is 657 g/mol. The molecule has 0 saturated carbocycles. The van der Waals surface area contributed by atoms with E-state index in [1.54, 1.807) is 29.1 Å². The first-order valence-corrected chi connectivity index (χ1v) is 16.2. The molecule has 16 heteroatoms. The number of aromatic nitrogens is 2. The highest BCUT2D eigenvalue weighted by atomic mass is 35.5. The smallest absolute Gasteiger partial charge is 0.352 e. The Kier molecular flexibility index (Phi) is 11.2. The molecule has 0 bridgehead atoms. The third-order valence-electron chi connectivity index (χ3n) is 5.98. The largest absolute Gasteiger partial charge is 0.477 e. The molecule has 4 rings (SSSR count). The molecule has 2 aliphatic heterocycles. The number of nitrogens with one attached hydrogen (secondary N) is 2. The third-order valence-corrected chi connectivity index (χ3v) is 9.78.